The molecule has 0 spiro atoms. The Morgan fingerprint density at radius 3 is 2.58 bits per heavy atom. The van der Waals surface area contributed by atoms with Gasteiger partial charge in [0.1, 0.15) is 12.2 Å². The van der Waals surface area contributed by atoms with Gasteiger partial charge in [-0.05, 0) is 36.6 Å². The molecule has 0 bridgehead atoms. The largest absolute Gasteiger partial charge is 0.493 e. The van der Waals surface area contributed by atoms with E-state index in [1.165, 1.54) is 14.2 Å². The zero-order valence-corrected chi connectivity index (χ0v) is 20.8. The summed E-state index contributed by atoms with van der Waals surface area (Å²) >= 11 is 0. The molecule has 1 aliphatic heterocycles. The summed E-state index contributed by atoms with van der Waals surface area (Å²) in [7, 11) is 3.02. The van der Waals surface area contributed by atoms with Crippen LogP contribution in [0.15, 0.2) is 23.8 Å². The average Bonchev–Trinajstić information content (AvgIpc) is 3.55. The van der Waals surface area contributed by atoms with Crippen molar-refractivity contribution >= 4 is 11.8 Å². The maximum absolute atomic E-state index is 13.4. The first-order valence-corrected chi connectivity index (χ1v) is 12.5. The fraction of sp³-hybridized carbons (Fsp3) is 0.615. The summed E-state index contributed by atoms with van der Waals surface area (Å²) in [6.07, 6.45) is 3.53. The smallest absolute Gasteiger partial charge is 0.247 e. The van der Waals surface area contributed by atoms with Crippen LogP contribution in [0.5, 0.6) is 11.5 Å². The van der Waals surface area contributed by atoms with Gasteiger partial charge in [0.05, 0.1) is 45.3 Å². The van der Waals surface area contributed by atoms with E-state index in [0.29, 0.717) is 28.2 Å². The highest BCUT2D eigenvalue weighted by molar-refractivity contribution is 5.96. The molecule has 0 radical (unpaired) electrons. The lowest BCUT2D eigenvalue weighted by Crippen LogP contribution is -2.58. The van der Waals surface area contributed by atoms with Crippen LogP contribution in [0.4, 0.5) is 0 Å². The zero-order valence-electron chi connectivity index (χ0n) is 20.8. The summed E-state index contributed by atoms with van der Waals surface area (Å²) in [6.45, 7) is -0.134. The number of fused-ring (bicyclic) bond motifs is 3. The molecule has 4 atom stereocenters. The highest BCUT2D eigenvalue weighted by Crippen LogP contribution is 2.51. The first-order chi connectivity index (χ1) is 17.4. The van der Waals surface area contributed by atoms with Crippen molar-refractivity contribution in [3.8, 4) is 11.5 Å². The molecule has 0 saturated heterocycles. The fourth-order valence-corrected chi connectivity index (χ4v) is 5.70. The average molecular weight is 505 g/mol. The molecule has 4 unspecified atom stereocenters. The molecular weight excluding hydrogens is 468 g/mol. The number of carbonyl (C=O) groups is 2. The second-order valence-electron chi connectivity index (χ2n) is 9.50. The van der Waals surface area contributed by atoms with Gasteiger partial charge in [-0.1, -0.05) is 12.8 Å². The molecule has 3 aliphatic rings. The second kappa shape index (κ2) is 11.6. The van der Waals surface area contributed by atoms with Crippen molar-refractivity contribution in [3.05, 3.63) is 34.9 Å². The molecule has 4 N–H and O–H groups in total. The highest BCUT2D eigenvalue weighted by atomic mass is 16.5. The van der Waals surface area contributed by atoms with E-state index in [1.54, 1.807) is 23.1 Å². The van der Waals surface area contributed by atoms with E-state index < -0.39 is 30.1 Å². The summed E-state index contributed by atoms with van der Waals surface area (Å²) < 4.78 is 16.9. The predicted molar refractivity (Wildman–Crippen MR) is 130 cm³/mol. The van der Waals surface area contributed by atoms with Crippen LogP contribution in [0.3, 0.4) is 0 Å². The van der Waals surface area contributed by atoms with Gasteiger partial charge in [0.15, 0.2) is 11.5 Å². The predicted octanol–water partition coefficient (Wildman–Crippen LogP) is 0.618. The molecule has 10 nitrogen and oxygen atoms in total. The lowest BCUT2D eigenvalue weighted by molar-refractivity contribution is -0.141. The fourth-order valence-electron chi connectivity index (χ4n) is 5.70. The van der Waals surface area contributed by atoms with Gasteiger partial charge in [-0.2, -0.15) is 0 Å². The lowest BCUT2D eigenvalue weighted by atomic mass is 9.77. The topological polar surface area (TPSA) is 138 Å². The van der Waals surface area contributed by atoms with Gasteiger partial charge in [-0.3, -0.25) is 9.59 Å². The van der Waals surface area contributed by atoms with Crippen LogP contribution in [-0.4, -0.2) is 90.3 Å². The van der Waals surface area contributed by atoms with Gasteiger partial charge >= 0.3 is 0 Å². The minimum absolute atomic E-state index is 0.0529. The molecule has 1 aromatic rings. The Hall–Kier alpha value is -2.66. The van der Waals surface area contributed by atoms with Crippen LogP contribution < -0.4 is 14.8 Å². The van der Waals surface area contributed by atoms with Gasteiger partial charge < -0.3 is 39.7 Å². The molecule has 10 heteroatoms. The first kappa shape index (κ1) is 26.4. The molecule has 198 valence electrons. The van der Waals surface area contributed by atoms with Crippen LogP contribution >= 0.6 is 0 Å². The van der Waals surface area contributed by atoms with Gasteiger partial charge in [0.2, 0.25) is 11.8 Å². The number of rotatable bonds is 10. The van der Waals surface area contributed by atoms with Crippen molar-refractivity contribution in [2.45, 2.75) is 68.9 Å². The molecule has 4 rings (SSSR count). The van der Waals surface area contributed by atoms with Gasteiger partial charge in [0, 0.05) is 30.8 Å². The molecule has 36 heavy (non-hydrogen) atoms. The number of amides is 2. The van der Waals surface area contributed by atoms with E-state index in [0.717, 1.165) is 25.7 Å². The van der Waals surface area contributed by atoms with Crippen molar-refractivity contribution in [3.63, 3.8) is 0 Å². The normalized spacial score (nSPS) is 25.0. The van der Waals surface area contributed by atoms with E-state index >= 15 is 0 Å². The van der Waals surface area contributed by atoms with Crippen molar-refractivity contribution in [1.29, 1.82) is 0 Å². The van der Waals surface area contributed by atoms with Crippen LogP contribution in [-0.2, 0) is 20.9 Å². The van der Waals surface area contributed by atoms with Crippen LogP contribution in [0.1, 0.15) is 49.1 Å². The summed E-state index contributed by atoms with van der Waals surface area (Å²) in [6, 6.07) is 2.59. The van der Waals surface area contributed by atoms with Crippen molar-refractivity contribution in [2.75, 3.05) is 34.0 Å². The van der Waals surface area contributed by atoms with Crippen molar-refractivity contribution in [2.24, 2.45) is 0 Å². The number of aliphatic hydroxyl groups is 3. The summed E-state index contributed by atoms with van der Waals surface area (Å²) in [5.41, 5.74) is 1.57. The Kier molecular flexibility index (Phi) is 8.50. The summed E-state index contributed by atoms with van der Waals surface area (Å²) in [5.74, 6) is -0.383. The maximum Gasteiger partial charge on any atom is 0.247 e. The summed E-state index contributed by atoms with van der Waals surface area (Å²) in [5, 5.41) is 33.4. The number of aliphatic hydroxyl groups excluding tert-OH is 3. The van der Waals surface area contributed by atoms with Crippen LogP contribution in [0.25, 0.3) is 0 Å². The first-order valence-electron chi connectivity index (χ1n) is 12.5. The Balaban J connectivity index is 1.79. The minimum Gasteiger partial charge on any atom is -0.493 e. The third-order valence-corrected chi connectivity index (χ3v) is 7.34. The monoisotopic (exact) mass is 504 g/mol. The van der Waals surface area contributed by atoms with E-state index in [1.807, 2.05) is 0 Å². The van der Waals surface area contributed by atoms with Gasteiger partial charge in [-0.25, -0.2) is 0 Å². The third-order valence-electron chi connectivity index (χ3n) is 7.34. The van der Waals surface area contributed by atoms with Crippen LogP contribution in [0.2, 0.25) is 0 Å². The quantitative estimate of drug-likeness (QED) is 0.364. The highest BCUT2D eigenvalue weighted by Gasteiger charge is 2.52. The Labute approximate surface area is 210 Å². The number of carbonyl (C=O) groups excluding carboxylic acids is 2. The van der Waals surface area contributed by atoms with E-state index in [-0.39, 0.29) is 44.7 Å². The number of ether oxygens (including phenoxy) is 3. The van der Waals surface area contributed by atoms with Gasteiger partial charge in [-0.15, -0.1) is 0 Å². The number of nitrogens with zero attached hydrogens (tertiary/aromatic N) is 1. The van der Waals surface area contributed by atoms with Crippen molar-refractivity contribution in [1.82, 2.24) is 10.2 Å². The molecular formula is C26H36N2O8. The Morgan fingerprint density at radius 2 is 1.94 bits per heavy atom. The van der Waals surface area contributed by atoms with E-state index in [2.05, 4.69) is 5.32 Å². The van der Waals surface area contributed by atoms with Crippen LogP contribution in [0, 0.1) is 0 Å². The van der Waals surface area contributed by atoms with E-state index in [4.69, 9.17) is 14.2 Å². The number of hydrogen-bond donors (Lipinski definition) is 4. The molecule has 2 aliphatic carbocycles. The standard InChI is InChI=1S/C26H36N2O8/c1-34-10-7-21(31)28(16-5-3-4-6-16)19-13-18(26(33)27-8-9-29)22-17-11-15(14-30)12-20(35-2)24(17)36-25(22)23(19)32/h11-13,16,19,22-23,25,29-30,32H,3-10,14H2,1-2H3,(H,27,33). The maximum atomic E-state index is 13.4. The molecule has 1 aromatic carbocycles. The van der Waals surface area contributed by atoms with Gasteiger partial charge in [0.25, 0.3) is 0 Å². The molecule has 1 saturated carbocycles. The zero-order chi connectivity index (χ0) is 25.8. The van der Waals surface area contributed by atoms with Crippen molar-refractivity contribution < 1.29 is 39.1 Å². The molecule has 1 heterocycles. The minimum atomic E-state index is -1.11. The Bertz CT molecular complexity index is 990. The number of benzene rings is 1. The van der Waals surface area contributed by atoms with E-state index in [9.17, 15) is 24.9 Å². The molecule has 0 aromatic heterocycles. The number of hydrogen-bond acceptors (Lipinski definition) is 8. The molecule has 1 fully saturated rings. The SMILES string of the molecule is COCCC(=O)N(C1CCCC1)C1C=C(C(=O)NCCO)C2c3cc(CO)cc(OC)c3OC2C1O. The summed E-state index contributed by atoms with van der Waals surface area (Å²) in [4.78, 5) is 28.4. The molecule has 2 amide bonds. The Morgan fingerprint density at radius 1 is 1.19 bits per heavy atom. The lowest BCUT2D eigenvalue weighted by Gasteiger charge is -2.43. The number of methoxy groups -OCH3 is 2. The number of nitrogens with one attached hydrogen (secondary N) is 1. The second-order valence-corrected chi connectivity index (χ2v) is 9.50. The third kappa shape index (κ3) is 4.95.